The maximum Gasteiger partial charge on any atom is 0.305 e. The van der Waals surface area contributed by atoms with Crippen LogP contribution < -0.4 is 14.5 Å². The van der Waals surface area contributed by atoms with Gasteiger partial charge in [0.05, 0.1) is 32.4 Å². The Balaban J connectivity index is 1.20. The van der Waals surface area contributed by atoms with Crippen LogP contribution in [-0.4, -0.2) is 31.9 Å². The number of carbonyl (C=O) groups excluding carboxylic acids is 2. The van der Waals surface area contributed by atoms with Crippen LogP contribution in [0.3, 0.4) is 0 Å². The number of fused-ring (bicyclic) bond motifs is 9. The number of non-ortho nitro benzene ring substituents is 2. The lowest BCUT2D eigenvalue weighted by atomic mass is 9.68. The normalized spacial score (nSPS) is 27.0. The lowest BCUT2D eigenvalue weighted by molar-refractivity contribution is -0.385. The maximum absolute atomic E-state index is 14.1. The highest BCUT2D eigenvalue weighted by Crippen LogP contribution is 2.69. The van der Waals surface area contributed by atoms with Gasteiger partial charge in [-0.3, -0.25) is 39.5 Å². The molecule has 2 bridgehead atoms. The van der Waals surface area contributed by atoms with E-state index >= 15 is 0 Å². The molecule has 3 aromatic carbocycles. The van der Waals surface area contributed by atoms with Crippen LogP contribution in [0.5, 0.6) is 5.75 Å². The summed E-state index contributed by atoms with van der Waals surface area (Å²) in [6, 6.07) is 17.8. The van der Waals surface area contributed by atoms with Crippen LogP contribution in [0.2, 0.25) is 0 Å². The first-order chi connectivity index (χ1) is 22.6. The quantitative estimate of drug-likeness (QED) is 0.145. The summed E-state index contributed by atoms with van der Waals surface area (Å²) in [4.78, 5) is 67.5. The van der Waals surface area contributed by atoms with E-state index in [0.717, 1.165) is 32.2 Å². The van der Waals surface area contributed by atoms with Gasteiger partial charge >= 0.3 is 4.87 Å². The number of nitrogens with zero attached hydrogens (tertiary/aromatic N) is 3. The van der Waals surface area contributed by atoms with E-state index in [4.69, 9.17) is 4.74 Å². The number of carbonyl (C=O) groups is 2. The predicted molar refractivity (Wildman–Crippen MR) is 173 cm³/mol. The highest BCUT2D eigenvalue weighted by Gasteiger charge is 2.70. The molecule has 3 heterocycles. The molecule has 1 aromatic heterocycles. The lowest BCUT2D eigenvalue weighted by Crippen LogP contribution is -2.42. The molecule has 7 atom stereocenters. The van der Waals surface area contributed by atoms with Crippen molar-refractivity contribution in [3.63, 3.8) is 0 Å². The van der Waals surface area contributed by atoms with Gasteiger partial charge in [0.15, 0.2) is 0 Å². The third-order valence-electron chi connectivity index (χ3n) is 10.1. The minimum absolute atomic E-state index is 0.112. The van der Waals surface area contributed by atoms with Gasteiger partial charge in [0.25, 0.3) is 11.4 Å². The van der Waals surface area contributed by atoms with Gasteiger partial charge in [-0.05, 0) is 54.9 Å². The van der Waals surface area contributed by atoms with Crippen molar-refractivity contribution < 1.29 is 24.2 Å². The molecule has 47 heavy (non-hydrogen) atoms. The van der Waals surface area contributed by atoms with E-state index in [1.807, 2.05) is 31.2 Å². The van der Waals surface area contributed by atoms with E-state index in [2.05, 4.69) is 4.98 Å². The van der Waals surface area contributed by atoms with E-state index in [9.17, 15) is 34.6 Å². The molecule has 8 rings (SSSR count). The molecule has 1 N–H and O–H groups in total. The molecule has 2 aliphatic carbocycles. The lowest BCUT2D eigenvalue weighted by Gasteiger charge is -2.43. The summed E-state index contributed by atoms with van der Waals surface area (Å²) in [7, 11) is 0. The molecule has 12 nitrogen and oxygen atoms in total. The Labute approximate surface area is 275 Å². The van der Waals surface area contributed by atoms with Gasteiger partial charge in [0.2, 0.25) is 11.8 Å². The average Bonchev–Trinajstić information content (AvgIpc) is 3.79. The van der Waals surface area contributed by atoms with Crippen LogP contribution in [0.1, 0.15) is 33.9 Å². The number of ether oxygens (including phenoxy) is 1. The molecule has 14 heteroatoms. The smallest absolute Gasteiger partial charge is 0.305 e. The third-order valence-corrected chi connectivity index (χ3v) is 12.7. The van der Waals surface area contributed by atoms with Gasteiger partial charge in [-0.25, -0.2) is 0 Å². The van der Waals surface area contributed by atoms with Crippen LogP contribution in [0, 0.1) is 56.7 Å². The Morgan fingerprint density at radius 2 is 1.55 bits per heavy atom. The standard InChI is InChI=1S/C33H26N4O8S2/c1-15-2-4-16(5-3-15)14-45-23-11-10-19(37(43)44)12-20(23)24-25-21-13-22(28(25)46-30-29(24)47-33(40)34-30)27-26(21)31(38)35(32(27)39)17-6-8-18(9-7-17)36(41)42/h2-12,21-22,24-28H,13-14H2,1H3,(H,34,40)/t21-,22-,24+,25+,26+,27+,28-/m1/s1. The number of hydrogen-bond acceptors (Lipinski definition) is 10. The van der Waals surface area contributed by atoms with Crippen molar-refractivity contribution >= 4 is 52.0 Å². The Bertz CT molecular complexity index is 2040. The Kier molecular flexibility index (Phi) is 6.84. The molecule has 2 amide bonds. The Morgan fingerprint density at radius 3 is 2.23 bits per heavy atom. The number of rotatable bonds is 7. The Hall–Kier alpha value is -4.82. The number of nitro benzene ring substituents is 2. The van der Waals surface area contributed by atoms with Crippen molar-refractivity contribution in [2.75, 3.05) is 4.90 Å². The third kappa shape index (κ3) is 4.60. The van der Waals surface area contributed by atoms with E-state index in [1.54, 1.807) is 6.07 Å². The molecule has 2 aliphatic heterocycles. The number of aromatic amines is 1. The average molecular weight is 671 g/mol. The van der Waals surface area contributed by atoms with Crippen LogP contribution in [0.15, 0.2) is 76.6 Å². The number of amides is 2. The molecule has 2 saturated carbocycles. The zero-order valence-corrected chi connectivity index (χ0v) is 26.4. The number of imide groups is 1. The number of H-pyrrole nitrogens is 1. The van der Waals surface area contributed by atoms with Crippen molar-refractivity contribution in [1.82, 2.24) is 4.98 Å². The fraction of sp³-hybridized carbons (Fsp3) is 0.303. The molecule has 4 aromatic rings. The summed E-state index contributed by atoms with van der Waals surface area (Å²) in [5, 5.41) is 23.7. The summed E-state index contributed by atoms with van der Waals surface area (Å²) in [5.74, 6) is -2.48. The largest absolute Gasteiger partial charge is 0.489 e. The second-order valence-electron chi connectivity index (χ2n) is 12.5. The van der Waals surface area contributed by atoms with Crippen molar-refractivity contribution in [2.45, 2.75) is 36.1 Å². The minimum Gasteiger partial charge on any atom is -0.489 e. The maximum atomic E-state index is 14.1. The fourth-order valence-corrected chi connectivity index (χ4v) is 11.1. The number of nitro groups is 2. The molecule has 0 unspecified atom stereocenters. The molecule has 0 spiro atoms. The van der Waals surface area contributed by atoms with Crippen LogP contribution >= 0.6 is 23.1 Å². The van der Waals surface area contributed by atoms with Gasteiger partial charge in [0, 0.05) is 45.9 Å². The van der Waals surface area contributed by atoms with Crippen LogP contribution in [-0.2, 0) is 16.2 Å². The van der Waals surface area contributed by atoms with Gasteiger partial charge in [-0.15, -0.1) is 11.8 Å². The second-order valence-corrected chi connectivity index (χ2v) is 14.7. The first-order valence-corrected chi connectivity index (χ1v) is 16.8. The summed E-state index contributed by atoms with van der Waals surface area (Å²) in [6.07, 6.45) is 0.632. The van der Waals surface area contributed by atoms with Crippen molar-refractivity contribution in [3.05, 3.63) is 118 Å². The number of benzene rings is 3. The first kappa shape index (κ1) is 29.6. The van der Waals surface area contributed by atoms with Gasteiger partial charge in [0.1, 0.15) is 12.4 Å². The number of thiazole rings is 1. The molecule has 3 fully saturated rings. The highest BCUT2D eigenvalue weighted by molar-refractivity contribution is 8.00. The van der Waals surface area contributed by atoms with Crippen molar-refractivity contribution in [2.24, 2.45) is 29.6 Å². The predicted octanol–water partition coefficient (Wildman–Crippen LogP) is 5.82. The van der Waals surface area contributed by atoms with E-state index in [1.165, 1.54) is 48.2 Å². The number of aryl methyl sites for hydroxylation is 1. The zero-order chi connectivity index (χ0) is 32.7. The zero-order valence-electron chi connectivity index (χ0n) is 24.7. The summed E-state index contributed by atoms with van der Waals surface area (Å²) in [5.41, 5.74) is 2.64. The van der Waals surface area contributed by atoms with Crippen molar-refractivity contribution in [3.8, 4) is 5.75 Å². The monoisotopic (exact) mass is 670 g/mol. The second kappa shape index (κ2) is 10.9. The topological polar surface area (TPSA) is 166 Å². The van der Waals surface area contributed by atoms with Crippen LogP contribution in [0.25, 0.3) is 0 Å². The highest BCUT2D eigenvalue weighted by atomic mass is 32.2. The fourth-order valence-electron chi connectivity index (χ4n) is 8.21. The van der Waals surface area contributed by atoms with E-state index in [-0.39, 0.29) is 57.7 Å². The van der Waals surface area contributed by atoms with E-state index < -0.39 is 27.6 Å². The number of hydrogen-bond donors (Lipinski definition) is 1. The number of thioether (sulfide) groups is 1. The molecular weight excluding hydrogens is 645 g/mol. The van der Waals surface area contributed by atoms with Gasteiger partial charge in [-0.1, -0.05) is 41.2 Å². The summed E-state index contributed by atoms with van der Waals surface area (Å²) in [6.45, 7) is 2.22. The van der Waals surface area contributed by atoms with Gasteiger partial charge < -0.3 is 9.72 Å². The van der Waals surface area contributed by atoms with Gasteiger partial charge in [-0.2, -0.15) is 0 Å². The Morgan fingerprint density at radius 1 is 0.894 bits per heavy atom. The minimum atomic E-state index is -0.611. The molecule has 1 saturated heterocycles. The molecular formula is C33H26N4O8S2. The first-order valence-electron chi connectivity index (χ1n) is 15.1. The summed E-state index contributed by atoms with van der Waals surface area (Å²) >= 11 is 2.58. The van der Waals surface area contributed by atoms with Crippen LogP contribution in [0.4, 0.5) is 17.1 Å². The number of nitrogens with one attached hydrogen (secondary N) is 1. The SMILES string of the molecule is Cc1ccc(COc2ccc([N+](=O)[O-])cc2[C@@H]2c3sc(=O)[nH]c3S[C@@H]3[C@@H]4C[C@@H]([C@@H]5C(=O)N(c6ccc([N+](=O)[O-])cc6)C(=O)[C@@H]45)[C@@H]23)cc1. The molecule has 0 radical (unpaired) electrons. The molecule has 4 aliphatic rings. The number of aromatic nitrogens is 1. The number of anilines is 1. The summed E-state index contributed by atoms with van der Waals surface area (Å²) < 4.78 is 6.34. The van der Waals surface area contributed by atoms with Crippen molar-refractivity contribution in [1.29, 1.82) is 0 Å². The molecule has 238 valence electrons. The van der Waals surface area contributed by atoms with E-state index in [0.29, 0.717) is 28.4 Å².